The molecule has 0 saturated heterocycles. The van der Waals surface area contributed by atoms with Crippen LogP contribution in [0.3, 0.4) is 0 Å². The van der Waals surface area contributed by atoms with Crippen molar-refractivity contribution in [1.82, 2.24) is 5.01 Å². The summed E-state index contributed by atoms with van der Waals surface area (Å²) in [5, 5.41) is 12.7. The molecule has 2 rings (SSSR count). The molecular formula is C16H20F3N5. The van der Waals surface area contributed by atoms with E-state index in [-0.39, 0.29) is 5.84 Å². The number of nitrogens with one attached hydrogen (secondary N) is 1. The quantitative estimate of drug-likeness (QED) is 0.890. The van der Waals surface area contributed by atoms with Gasteiger partial charge < -0.3 is 4.90 Å². The second-order valence-corrected chi connectivity index (χ2v) is 6.65. The van der Waals surface area contributed by atoms with Gasteiger partial charge in [0.15, 0.2) is 11.5 Å². The van der Waals surface area contributed by atoms with Gasteiger partial charge >= 0.3 is 6.18 Å². The number of amidine groups is 1. The summed E-state index contributed by atoms with van der Waals surface area (Å²) in [6, 6.07) is 6.74. The number of nitrogens with zero attached hydrogens (tertiary/aromatic N) is 4. The zero-order chi connectivity index (χ0) is 18.3. The van der Waals surface area contributed by atoms with Crippen molar-refractivity contribution < 1.29 is 13.2 Å². The SMILES string of the molecule is CN(C)c1ccc(N=C2C(=N)N(C(C)(C)C)N=C2C(F)(F)F)cc1. The van der Waals surface area contributed by atoms with Gasteiger partial charge in [0.2, 0.25) is 0 Å². The fourth-order valence-electron chi connectivity index (χ4n) is 2.15. The minimum atomic E-state index is -4.67. The lowest BCUT2D eigenvalue weighted by Gasteiger charge is -2.29. The molecule has 1 heterocycles. The monoisotopic (exact) mass is 339 g/mol. The molecule has 5 nitrogen and oxygen atoms in total. The van der Waals surface area contributed by atoms with Gasteiger partial charge in [0.05, 0.1) is 11.2 Å². The van der Waals surface area contributed by atoms with E-state index in [1.165, 1.54) is 0 Å². The first-order valence-electron chi connectivity index (χ1n) is 7.32. The molecule has 1 aliphatic heterocycles. The van der Waals surface area contributed by atoms with Crippen LogP contribution in [0.4, 0.5) is 24.5 Å². The number of hydrogen-bond donors (Lipinski definition) is 1. The Balaban J connectivity index is 2.46. The van der Waals surface area contributed by atoms with Crippen LogP contribution in [0.2, 0.25) is 0 Å². The van der Waals surface area contributed by atoms with Crippen LogP contribution in [-0.2, 0) is 0 Å². The fourth-order valence-corrected chi connectivity index (χ4v) is 2.15. The standard InChI is InChI=1S/C16H20F3N5/c1-15(2,3)24-14(20)12(13(22-24)16(17,18)19)21-10-6-8-11(9-7-10)23(4)5/h6-9,20H,1-5H3. The van der Waals surface area contributed by atoms with Crippen molar-refractivity contribution >= 4 is 28.6 Å². The largest absolute Gasteiger partial charge is 0.437 e. The van der Waals surface area contributed by atoms with Gasteiger partial charge in [-0.3, -0.25) is 5.41 Å². The molecule has 1 aromatic carbocycles. The predicted octanol–water partition coefficient (Wildman–Crippen LogP) is 3.83. The summed E-state index contributed by atoms with van der Waals surface area (Å²) in [7, 11) is 3.73. The average Bonchev–Trinajstić information content (AvgIpc) is 2.76. The Bertz CT molecular complexity index is 694. The summed E-state index contributed by atoms with van der Waals surface area (Å²) in [5.74, 6) is -0.355. The molecule has 0 unspecified atom stereocenters. The summed E-state index contributed by atoms with van der Waals surface area (Å²) in [6.45, 7) is 5.07. The van der Waals surface area contributed by atoms with Gasteiger partial charge in [0.1, 0.15) is 5.71 Å². The van der Waals surface area contributed by atoms with Crippen molar-refractivity contribution in [3.63, 3.8) is 0 Å². The third kappa shape index (κ3) is 3.58. The summed E-state index contributed by atoms with van der Waals surface area (Å²) in [6.07, 6.45) is -4.67. The van der Waals surface area contributed by atoms with Crippen LogP contribution < -0.4 is 4.90 Å². The van der Waals surface area contributed by atoms with Gasteiger partial charge in [0.25, 0.3) is 0 Å². The number of anilines is 1. The Morgan fingerprint density at radius 2 is 1.62 bits per heavy atom. The lowest BCUT2D eigenvalue weighted by Crippen LogP contribution is -2.41. The molecule has 0 fully saturated rings. The zero-order valence-electron chi connectivity index (χ0n) is 14.2. The maximum Gasteiger partial charge on any atom is 0.437 e. The highest BCUT2D eigenvalue weighted by Gasteiger charge is 2.48. The Morgan fingerprint density at radius 1 is 1.08 bits per heavy atom. The van der Waals surface area contributed by atoms with Gasteiger partial charge in [-0.05, 0) is 45.0 Å². The van der Waals surface area contributed by atoms with Crippen molar-refractivity contribution in [2.24, 2.45) is 10.1 Å². The second-order valence-electron chi connectivity index (χ2n) is 6.65. The number of benzene rings is 1. The lowest BCUT2D eigenvalue weighted by molar-refractivity contribution is -0.0573. The van der Waals surface area contributed by atoms with Crippen molar-refractivity contribution in [3.8, 4) is 0 Å². The molecule has 0 aromatic heterocycles. The van der Waals surface area contributed by atoms with Crippen LogP contribution in [0.1, 0.15) is 20.8 Å². The lowest BCUT2D eigenvalue weighted by atomic mass is 10.1. The average molecular weight is 339 g/mol. The van der Waals surface area contributed by atoms with E-state index in [0.29, 0.717) is 5.69 Å². The first-order chi connectivity index (χ1) is 10.9. The van der Waals surface area contributed by atoms with E-state index in [0.717, 1.165) is 10.7 Å². The highest BCUT2D eigenvalue weighted by atomic mass is 19.4. The molecule has 1 N–H and O–H groups in total. The van der Waals surface area contributed by atoms with Gasteiger partial charge in [0, 0.05) is 19.8 Å². The van der Waals surface area contributed by atoms with E-state index in [4.69, 9.17) is 5.41 Å². The van der Waals surface area contributed by atoms with Crippen molar-refractivity contribution in [2.75, 3.05) is 19.0 Å². The summed E-state index contributed by atoms with van der Waals surface area (Å²) >= 11 is 0. The number of rotatable bonds is 2. The van der Waals surface area contributed by atoms with E-state index in [1.807, 2.05) is 19.0 Å². The van der Waals surface area contributed by atoms with Crippen molar-refractivity contribution in [2.45, 2.75) is 32.5 Å². The molecule has 0 saturated carbocycles. The molecule has 130 valence electrons. The van der Waals surface area contributed by atoms with Gasteiger partial charge in [-0.1, -0.05) is 0 Å². The summed E-state index contributed by atoms with van der Waals surface area (Å²) in [5.41, 5.74) is -1.11. The topological polar surface area (TPSA) is 55.1 Å². The van der Waals surface area contributed by atoms with E-state index < -0.39 is 23.1 Å². The smallest absolute Gasteiger partial charge is 0.378 e. The summed E-state index contributed by atoms with van der Waals surface area (Å²) < 4.78 is 39.8. The molecule has 24 heavy (non-hydrogen) atoms. The first-order valence-corrected chi connectivity index (χ1v) is 7.32. The summed E-state index contributed by atoms with van der Waals surface area (Å²) in [4.78, 5) is 5.91. The highest BCUT2D eigenvalue weighted by molar-refractivity contribution is 6.70. The minimum Gasteiger partial charge on any atom is -0.378 e. The number of halogens is 3. The Kier molecular flexibility index (Phi) is 4.43. The molecule has 1 aromatic rings. The third-order valence-electron chi connectivity index (χ3n) is 3.37. The van der Waals surface area contributed by atoms with Crippen molar-refractivity contribution in [3.05, 3.63) is 24.3 Å². The third-order valence-corrected chi connectivity index (χ3v) is 3.37. The van der Waals surface area contributed by atoms with Crippen LogP contribution in [0.15, 0.2) is 34.4 Å². The van der Waals surface area contributed by atoms with Crippen LogP contribution in [0, 0.1) is 5.41 Å². The van der Waals surface area contributed by atoms with E-state index in [1.54, 1.807) is 45.0 Å². The second kappa shape index (κ2) is 5.92. The maximum absolute atomic E-state index is 13.3. The number of hydrazone groups is 1. The molecular weight excluding hydrogens is 319 g/mol. The van der Waals surface area contributed by atoms with Gasteiger partial charge in [-0.15, -0.1) is 0 Å². The van der Waals surface area contributed by atoms with Crippen LogP contribution in [-0.4, -0.2) is 48.1 Å². The van der Waals surface area contributed by atoms with E-state index >= 15 is 0 Å². The molecule has 0 amide bonds. The van der Waals surface area contributed by atoms with Gasteiger partial charge in [-0.25, -0.2) is 10.0 Å². The van der Waals surface area contributed by atoms with Crippen LogP contribution in [0.25, 0.3) is 0 Å². The predicted molar refractivity (Wildman–Crippen MR) is 90.7 cm³/mol. The fraction of sp³-hybridized carbons (Fsp3) is 0.438. The molecule has 0 radical (unpaired) electrons. The number of alkyl halides is 3. The molecule has 1 aliphatic rings. The molecule has 0 aliphatic carbocycles. The van der Waals surface area contributed by atoms with E-state index in [9.17, 15) is 13.2 Å². The maximum atomic E-state index is 13.3. The normalized spacial score (nSPS) is 17.5. The molecule has 8 heteroatoms. The Labute approximate surface area is 139 Å². The van der Waals surface area contributed by atoms with Crippen LogP contribution >= 0.6 is 0 Å². The molecule has 0 spiro atoms. The molecule has 0 bridgehead atoms. The molecule has 0 atom stereocenters. The van der Waals surface area contributed by atoms with Crippen molar-refractivity contribution in [1.29, 1.82) is 5.41 Å². The highest BCUT2D eigenvalue weighted by Crippen LogP contribution is 2.29. The van der Waals surface area contributed by atoms with Gasteiger partial charge in [-0.2, -0.15) is 18.3 Å². The Morgan fingerprint density at radius 3 is 2.04 bits per heavy atom. The van der Waals surface area contributed by atoms with Crippen LogP contribution in [0.5, 0.6) is 0 Å². The van der Waals surface area contributed by atoms with E-state index in [2.05, 4.69) is 10.1 Å². The number of hydrogen-bond acceptors (Lipinski definition) is 4. The minimum absolute atomic E-state index is 0.341. The number of aliphatic imine (C=N–C) groups is 1. The Hall–Kier alpha value is -2.38. The first kappa shape index (κ1) is 18.0. The zero-order valence-corrected chi connectivity index (χ0v) is 14.2.